The first-order valence-electron chi connectivity index (χ1n) is 6.52. The molecule has 16 heavy (non-hydrogen) atoms. The molecule has 5 atom stereocenters. The number of aliphatic imine (C=N–C) groups is 1. The van der Waals surface area contributed by atoms with Crippen molar-refractivity contribution in [2.45, 2.75) is 25.3 Å². The Morgan fingerprint density at radius 1 is 1.31 bits per heavy atom. The molecule has 0 saturated heterocycles. The van der Waals surface area contributed by atoms with Gasteiger partial charge in [-0.1, -0.05) is 23.9 Å². The van der Waals surface area contributed by atoms with Crippen LogP contribution in [0.25, 0.3) is 0 Å². The molecule has 0 amide bonds. The second-order valence-corrected chi connectivity index (χ2v) is 6.67. The van der Waals surface area contributed by atoms with E-state index < -0.39 is 0 Å². The summed E-state index contributed by atoms with van der Waals surface area (Å²) in [5.74, 6) is 4.96. The van der Waals surface area contributed by atoms with Gasteiger partial charge in [0.15, 0.2) is 5.17 Å². The maximum absolute atomic E-state index is 4.52. The van der Waals surface area contributed by atoms with Crippen molar-refractivity contribution < 1.29 is 0 Å². The molecule has 0 aromatic carbocycles. The lowest BCUT2D eigenvalue weighted by Crippen LogP contribution is -2.41. The maximum Gasteiger partial charge on any atom is 0.156 e. The van der Waals surface area contributed by atoms with Crippen LogP contribution in [0.4, 0.5) is 0 Å². The van der Waals surface area contributed by atoms with Gasteiger partial charge in [0.2, 0.25) is 0 Å². The first-order chi connectivity index (χ1) is 7.92. The van der Waals surface area contributed by atoms with Crippen molar-refractivity contribution in [1.29, 1.82) is 0 Å². The second kappa shape index (κ2) is 3.52. The van der Waals surface area contributed by atoms with Gasteiger partial charge >= 0.3 is 0 Å². The SMILES string of the molecule is C1=C[C@H]2[C@H](C1)[C@H]1C[C@@H]2[C@@H](NC2=NCCS2)C1. The summed E-state index contributed by atoms with van der Waals surface area (Å²) in [6, 6.07) is 0.721. The van der Waals surface area contributed by atoms with Gasteiger partial charge in [-0.2, -0.15) is 0 Å². The van der Waals surface area contributed by atoms with Gasteiger partial charge in [0.1, 0.15) is 0 Å². The van der Waals surface area contributed by atoms with Crippen molar-refractivity contribution >= 4 is 16.9 Å². The number of hydrogen-bond donors (Lipinski definition) is 1. The van der Waals surface area contributed by atoms with Gasteiger partial charge in [-0.15, -0.1) is 0 Å². The van der Waals surface area contributed by atoms with E-state index in [0.717, 1.165) is 36.3 Å². The van der Waals surface area contributed by atoms with Crippen LogP contribution in [-0.2, 0) is 0 Å². The Balaban J connectivity index is 1.49. The third kappa shape index (κ3) is 1.30. The van der Waals surface area contributed by atoms with Crippen LogP contribution in [-0.4, -0.2) is 23.5 Å². The highest BCUT2D eigenvalue weighted by atomic mass is 32.2. The highest BCUT2D eigenvalue weighted by Crippen LogP contribution is 2.56. The fourth-order valence-electron chi connectivity index (χ4n) is 4.29. The van der Waals surface area contributed by atoms with E-state index >= 15 is 0 Å². The molecule has 3 heteroatoms. The van der Waals surface area contributed by atoms with E-state index in [2.05, 4.69) is 22.5 Å². The van der Waals surface area contributed by atoms with Gasteiger partial charge in [-0.05, 0) is 42.9 Å². The van der Waals surface area contributed by atoms with Crippen molar-refractivity contribution in [2.75, 3.05) is 12.3 Å². The highest BCUT2D eigenvalue weighted by Gasteiger charge is 2.52. The van der Waals surface area contributed by atoms with Gasteiger partial charge in [-0.25, -0.2) is 0 Å². The van der Waals surface area contributed by atoms with Crippen LogP contribution in [0.3, 0.4) is 0 Å². The molecule has 2 saturated carbocycles. The van der Waals surface area contributed by atoms with Crippen LogP contribution in [0.2, 0.25) is 0 Å². The minimum Gasteiger partial charge on any atom is -0.362 e. The smallest absolute Gasteiger partial charge is 0.156 e. The second-order valence-electron chi connectivity index (χ2n) is 5.59. The number of amidine groups is 1. The number of hydrogen-bond acceptors (Lipinski definition) is 3. The molecule has 0 unspecified atom stereocenters. The molecule has 4 aliphatic rings. The van der Waals surface area contributed by atoms with E-state index in [1.165, 1.54) is 30.2 Å². The summed E-state index contributed by atoms with van der Waals surface area (Å²) in [5, 5.41) is 4.92. The normalized spacial score (nSPS) is 48.5. The van der Waals surface area contributed by atoms with E-state index in [1.807, 2.05) is 11.8 Å². The lowest BCUT2D eigenvalue weighted by Gasteiger charge is -2.32. The summed E-state index contributed by atoms with van der Waals surface area (Å²) in [6.45, 7) is 1.01. The van der Waals surface area contributed by atoms with Gasteiger partial charge in [0, 0.05) is 11.8 Å². The molecule has 3 aliphatic carbocycles. The zero-order chi connectivity index (χ0) is 10.5. The Kier molecular flexibility index (Phi) is 2.11. The molecule has 0 radical (unpaired) electrons. The Morgan fingerprint density at radius 2 is 2.31 bits per heavy atom. The number of rotatable bonds is 1. The van der Waals surface area contributed by atoms with Crippen LogP contribution in [0, 0.1) is 23.7 Å². The van der Waals surface area contributed by atoms with E-state index in [9.17, 15) is 0 Å². The zero-order valence-corrected chi connectivity index (χ0v) is 10.2. The monoisotopic (exact) mass is 234 g/mol. The predicted octanol–water partition coefficient (Wildman–Crippen LogP) is 2.28. The quantitative estimate of drug-likeness (QED) is 0.704. The molecule has 0 aromatic heterocycles. The molecule has 4 rings (SSSR count). The molecular weight excluding hydrogens is 216 g/mol. The third-order valence-electron chi connectivity index (χ3n) is 4.90. The van der Waals surface area contributed by atoms with Crippen molar-refractivity contribution in [2.24, 2.45) is 28.7 Å². The maximum atomic E-state index is 4.52. The summed E-state index contributed by atoms with van der Waals surface area (Å²) in [4.78, 5) is 4.52. The molecule has 2 bridgehead atoms. The zero-order valence-electron chi connectivity index (χ0n) is 9.43. The van der Waals surface area contributed by atoms with Gasteiger partial charge in [0.05, 0.1) is 6.54 Å². The number of fused-ring (bicyclic) bond motifs is 5. The van der Waals surface area contributed by atoms with Crippen LogP contribution < -0.4 is 5.32 Å². The predicted molar refractivity (Wildman–Crippen MR) is 68.6 cm³/mol. The standard InChI is InChI=1S/C13H18N2S/c1-2-9-8-6-11(10(9)3-1)12(7-8)15-13-14-4-5-16-13/h1,3,8-12H,2,4-7H2,(H,14,15)/t8-,9+,10-,11-,12-/m0/s1. The van der Waals surface area contributed by atoms with Crippen molar-refractivity contribution in [1.82, 2.24) is 5.32 Å². The Morgan fingerprint density at radius 3 is 3.19 bits per heavy atom. The molecule has 1 aliphatic heterocycles. The summed E-state index contributed by atoms with van der Waals surface area (Å²) >= 11 is 1.90. The largest absolute Gasteiger partial charge is 0.362 e. The molecule has 0 aromatic rings. The summed E-state index contributed by atoms with van der Waals surface area (Å²) < 4.78 is 0. The first-order valence-corrected chi connectivity index (χ1v) is 7.51. The molecule has 0 spiro atoms. The molecule has 1 heterocycles. The van der Waals surface area contributed by atoms with E-state index in [1.54, 1.807) is 0 Å². The number of thioether (sulfide) groups is 1. The minimum absolute atomic E-state index is 0.721. The molecule has 86 valence electrons. The van der Waals surface area contributed by atoms with Gasteiger partial charge < -0.3 is 5.32 Å². The van der Waals surface area contributed by atoms with Gasteiger partial charge in [-0.3, -0.25) is 4.99 Å². The van der Waals surface area contributed by atoms with Crippen LogP contribution in [0.5, 0.6) is 0 Å². The molecular formula is C13H18N2S. The lowest BCUT2D eigenvalue weighted by atomic mass is 9.79. The molecule has 1 N–H and O–H groups in total. The van der Waals surface area contributed by atoms with Crippen LogP contribution >= 0.6 is 11.8 Å². The van der Waals surface area contributed by atoms with E-state index in [-0.39, 0.29) is 0 Å². The fraction of sp³-hybridized carbons (Fsp3) is 0.769. The minimum atomic E-state index is 0.721. The van der Waals surface area contributed by atoms with Crippen molar-refractivity contribution in [3.05, 3.63) is 12.2 Å². The Bertz CT molecular complexity index is 363. The topological polar surface area (TPSA) is 24.4 Å². The van der Waals surface area contributed by atoms with Crippen molar-refractivity contribution in [3.63, 3.8) is 0 Å². The Hall–Kier alpha value is -0.440. The Labute approximate surface area is 101 Å². The fourth-order valence-corrected chi connectivity index (χ4v) is 5.09. The molecule has 2 fully saturated rings. The first kappa shape index (κ1) is 9.58. The summed E-state index contributed by atoms with van der Waals surface area (Å²) in [7, 11) is 0. The van der Waals surface area contributed by atoms with Crippen LogP contribution in [0.15, 0.2) is 17.1 Å². The van der Waals surface area contributed by atoms with E-state index in [4.69, 9.17) is 0 Å². The summed E-state index contributed by atoms with van der Waals surface area (Å²) in [6.07, 6.45) is 9.13. The summed E-state index contributed by atoms with van der Waals surface area (Å²) in [5.41, 5.74) is 0. The number of nitrogens with zero attached hydrogens (tertiary/aromatic N) is 1. The van der Waals surface area contributed by atoms with Crippen LogP contribution in [0.1, 0.15) is 19.3 Å². The van der Waals surface area contributed by atoms with Gasteiger partial charge in [0.25, 0.3) is 0 Å². The third-order valence-corrected chi connectivity index (χ3v) is 5.81. The highest BCUT2D eigenvalue weighted by molar-refractivity contribution is 8.14. The van der Waals surface area contributed by atoms with E-state index in [0.29, 0.717) is 0 Å². The van der Waals surface area contributed by atoms with Crippen molar-refractivity contribution in [3.8, 4) is 0 Å². The number of nitrogens with one attached hydrogen (secondary N) is 1. The molecule has 2 nitrogen and oxygen atoms in total. The average Bonchev–Trinajstić information content (AvgIpc) is 2.99. The lowest BCUT2D eigenvalue weighted by molar-refractivity contribution is 0.247. The number of allylic oxidation sites excluding steroid dienone is 2. The average molecular weight is 234 g/mol.